The number of rotatable bonds is 7. The van der Waals surface area contributed by atoms with E-state index in [1.54, 1.807) is 21.1 Å². The summed E-state index contributed by atoms with van der Waals surface area (Å²) in [5.41, 5.74) is 1.21. The number of benzene rings is 3. The van der Waals surface area contributed by atoms with E-state index in [9.17, 15) is 5.11 Å². The Hall–Kier alpha value is -2.98. The normalized spacial score (nSPS) is 12.9. The Bertz CT molecular complexity index is 871. The Morgan fingerprint density at radius 3 is 2.11 bits per heavy atom. The summed E-state index contributed by atoms with van der Waals surface area (Å²) in [7, 11) is 3.21. The van der Waals surface area contributed by atoms with Crippen LogP contribution in [0.4, 0.5) is 0 Å². The molecule has 0 bridgehead atoms. The number of methoxy groups -OCH3 is 2. The molecule has 0 radical (unpaired) electrons. The monoisotopic (exact) mass is 364 g/mol. The van der Waals surface area contributed by atoms with E-state index in [0.29, 0.717) is 23.7 Å². The SMILES string of the molecule is COc1ccc(C(C)(O)c2cc(OCc3ccccc3)ccc2OC)cc1. The summed E-state index contributed by atoms with van der Waals surface area (Å²) in [4.78, 5) is 0. The molecule has 3 aromatic rings. The molecule has 1 N–H and O–H groups in total. The van der Waals surface area contributed by atoms with Gasteiger partial charge in [-0.2, -0.15) is 0 Å². The lowest BCUT2D eigenvalue weighted by Gasteiger charge is -2.27. The van der Waals surface area contributed by atoms with Gasteiger partial charge in [-0.15, -0.1) is 0 Å². The molecule has 3 aromatic carbocycles. The van der Waals surface area contributed by atoms with Crippen molar-refractivity contribution in [2.75, 3.05) is 14.2 Å². The molecule has 0 fully saturated rings. The van der Waals surface area contributed by atoms with Crippen LogP contribution < -0.4 is 14.2 Å². The van der Waals surface area contributed by atoms with Crippen molar-refractivity contribution >= 4 is 0 Å². The van der Waals surface area contributed by atoms with Crippen molar-refractivity contribution in [1.29, 1.82) is 0 Å². The van der Waals surface area contributed by atoms with Crippen LogP contribution in [0.25, 0.3) is 0 Å². The second kappa shape index (κ2) is 8.14. The zero-order valence-corrected chi connectivity index (χ0v) is 15.8. The van der Waals surface area contributed by atoms with Gasteiger partial charge in [0.25, 0.3) is 0 Å². The molecule has 1 atom stereocenters. The highest BCUT2D eigenvalue weighted by atomic mass is 16.5. The Morgan fingerprint density at radius 1 is 0.815 bits per heavy atom. The lowest BCUT2D eigenvalue weighted by molar-refractivity contribution is 0.0984. The molecular formula is C23H24O4. The van der Waals surface area contributed by atoms with Gasteiger partial charge in [0.1, 0.15) is 29.5 Å². The van der Waals surface area contributed by atoms with Gasteiger partial charge < -0.3 is 19.3 Å². The third-order valence-electron chi connectivity index (χ3n) is 4.60. The third-order valence-corrected chi connectivity index (χ3v) is 4.60. The van der Waals surface area contributed by atoms with Gasteiger partial charge in [0, 0.05) is 5.56 Å². The summed E-state index contributed by atoms with van der Waals surface area (Å²) in [6.45, 7) is 2.20. The van der Waals surface area contributed by atoms with E-state index in [1.165, 1.54) is 0 Å². The molecule has 0 saturated heterocycles. The summed E-state index contributed by atoms with van der Waals surface area (Å²) in [6, 6.07) is 22.8. The highest BCUT2D eigenvalue weighted by molar-refractivity contribution is 5.48. The fourth-order valence-electron chi connectivity index (χ4n) is 2.97. The molecule has 0 amide bonds. The van der Waals surface area contributed by atoms with Crippen LogP contribution in [0.3, 0.4) is 0 Å². The van der Waals surface area contributed by atoms with Crippen LogP contribution in [0.1, 0.15) is 23.6 Å². The van der Waals surface area contributed by atoms with Crippen LogP contribution in [0, 0.1) is 0 Å². The van der Waals surface area contributed by atoms with Crippen LogP contribution in [0.2, 0.25) is 0 Å². The maximum atomic E-state index is 11.3. The van der Waals surface area contributed by atoms with Crippen molar-refractivity contribution in [3.8, 4) is 17.2 Å². The molecule has 0 aromatic heterocycles. The topological polar surface area (TPSA) is 47.9 Å². The van der Waals surface area contributed by atoms with Crippen molar-refractivity contribution < 1.29 is 19.3 Å². The molecular weight excluding hydrogens is 340 g/mol. The number of hydrogen-bond acceptors (Lipinski definition) is 4. The van der Waals surface area contributed by atoms with E-state index < -0.39 is 5.60 Å². The van der Waals surface area contributed by atoms with Crippen LogP contribution in [-0.4, -0.2) is 19.3 Å². The zero-order valence-electron chi connectivity index (χ0n) is 15.8. The summed E-state index contributed by atoms with van der Waals surface area (Å²) < 4.78 is 16.6. The zero-order chi connectivity index (χ0) is 19.3. The predicted molar refractivity (Wildman–Crippen MR) is 105 cm³/mol. The Morgan fingerprint density at radius 2 is 1.48 bits per heavy atom. The van der Waals surface area contributed by atoms with Crippen molar-refractivity contribution in [3.63, 3.8) is 0 Å². The molecule has 0 aliphatic heterocycles. The summed E-state index contributed by atoms with van der Waals surface area (Å²) in [6.07, 6.45) is 0. The predicted octanol–water partition coefficient (Wildman–Crippen LogP) is 4.54. The van der Waals surface area contributed by atoms with Gasteiger partial charge in [-0.05, 0) is 48.4 Å². The third kappa shape index (κ3) is 4.23. The molecule has 1 unspecified atom stereocenters. The molecule has 4 heteroatoms. The second-order valence-electron chi connectivity index (χ2n) is 6.44. The van der Waals surface area contributed by atoms with Crippen molar-refractivity contribution in [3.05, 3.63) is 89.5 Å². The second-order valence-corrected chi connectivity index (χ2v) is 6.44. The number of aliphatic hydroxyl groups is 1. The minimum atomic E-state index is -1.25. The van der Waals surface area contributed by atoms with Crippen LogP contribution in [0.15, 0.2) is 72.8 Å². The largest absolute Gasteiger partial charge is 0.497 e. The van der Waals surface area contributed by atoms with E-state index in [2.05, 4.69) is 0 Å². The molecule has 0 aliphatic rings. The van der Waals surface area contributed by atoms with Crippen LogP contribution in [0.5, 0.6) is 17.2 Å². The first-order chi connectivity index (χ1) is 13.0. The average Bonchev–Trinajstić information content (AvgIpc) is 2.72. The van der Waals surface area contributed by atoms with E-state index >= 15 is 0 Å². The quantitative estimate of drug-likeness (QED) is 0.669. The van der Waals surface area contributed by atoms with E-state index in [-0.39, 0.29) is 0 Å². The Kier molecular flexibility index (Phi) is 5.67. The molecule has 0 aliphatic carbocycles. The first-order valence-electron chi connectivity index (χ1n) is 8.76. The first kappa shape index (κ1) is 18.8. The molecule has 3 rings (SSSR count). The maximum Gasteiger partial charge on any atom is 0.125 e. The fourth-order valence-corrected chi connectivity index (χ4v) is 2.97. The van der Waals surface area contributed by atoms with Crippen molar-refractivity contribution in [2.45, 2.75) is 19.1 Å². The number of hydrogen-bond donors (Lipinski definition) is 1. The van der Waals surface area contributed by atoms with Crippen molar-refractivity contribution in [2.24, 2.45) is 0 Å². The molecule has 4 nitrogen and oxygen atoms in total. The Labute approximate surface area is 160 Å². The first-order valence-corrected chi connectivity index (χ1v) is 8.76. The Balaban J connectivity index is 1.89. The smallest absolute Gasteiger partial charge is 0.125 e. The van der Waals surface area contributed by atoms with Crippen molar-refractivity contribution in [1.82, 2.24) is 0 Å². The molecule has 0 saturated carbocycles. The highest BCUT2D eigenvalue weighted by Crippen LogP contribution is 2.38. The summed E-state index contributed by atoms with van der Waals surface area (Å²) >= 11 is 0. The average molecular weight is 364 g/mol. The minimum absolute atomic E-state index is 0.456. The van der Waals surface area contributed by atoms with Gasteiger partial charge in [0.2, 0.25) is 0 Å². The minimum Gasteiger partial charge on any atom is -0.497 e. The molecule has 0 heterocycles. The van der Waals surface area contributed by atoms with E-state index in [1.807, 2.05) is 72.8 Å². The van der Waals surface area contributed by atoms with Gasteiger partial charge >= 0.3 is 0 Å². The van der Waals surface area contributed by atoms with Crippen LogP contribution in [-0.2, 0) is 12.2 Å². The van der Waals surface area contributed by atoms with Gasteiger partial charge in [-0.25, -0.2) is 0 Å². The summed E-state index contributed by atoms with van der Waals surface area (Å²) in [5.74, 6) is 2.01. The van der Waals surface area contributed by atoms with Gasteiger partial charge in [0.15, 0.2) is 0 Å². The molecule has 140 valence electrons. The van der Waals surface area contributed by atoms with E-state index in [0.717, 1.165) is 16.9 Å². The van der Waals surface area contributed by atoms with Crippen LogP contribution >= 0.6 is 0 Å². The number of ether oxygens (including phenoxy) is 3. The molecule has 27 heavy (non-hydrogen) atoms. The van der Waals surface area contributed by atoms with Gasteiger partial charge in [0.05, 0.1) is 14.2 Å². The lowest BCUT2D eigenvalue weighted by Crippen LogP contribution is -2.23. The fraction of sp³-hybridized carbons (Fsp3) is 0.217. The lowest BCUT2D eigenvalue weighted by atomic mass is 9.87. The standard InChI is InChI=1S/C23H24O4/c1-23(24,18-9-11-19(25-2)12-10-18)21-15-20(13-14-22(21)26-3)27-16-17-7-5-4-6-8-17/h4-15,24H,16H2,1-3H3. The van der Waals surface area contributed by atoms with E-state index in [4.69, 9.17) is 14.2 Å². The van der Waals surface area contributed by atoms with Gasteiger partial charge in [-0.1, -0.05) is 42.5 Å². The molecule has 0 spiro atoms. The summed E-state index contributed by atoms with van der Waals surface area (Å²) in [5, 5.41) is 11.3. The van der Waals surface area contributed by atoms with Gasteiger partial charge in [-0.3, -0.25) is 0 Å². The maximum absolute atomic E-state index is 11.3. The highest BCUT2D eigenvalue weighted by Gasteiger charge is 2.29.